The molecule has 0 radical (unpaired) electrons. The van der Waals surface area contributed by atoms with E-state index in [-0.39, 0.29) is 24.6 Å². The molecule has 0 unspecified atom stereocenters. The molecule has 1 aromatic heterocycles. The molecule has 0 atom stereocenters. The number of hydrogen-bond donors (Lipinski definition) is 4. The van der Waals surface area contributed by atoms with Crippen molar-refractivity contribution in [1.82, 2.24) is 10.3 Å². The summed E-state index contributed by atoms with van der Waals surface area (Å²) in [5.74, 6) is -0.214. The normalized spacial score (nSPS) is 10.1. The molecule has 1 heterocycles. The van der Waals surface area contributed by atoms with Gasteiger partial charge in [-0.3, -0.25) is 14.6 Å². The third-order valence-corrected chi connectivity index (χ3v) is 2.61. The Morgan fingerprint density at radius 2 is 2.14 bits per heavy atom. The zero-order chi connectivity index (χ0) is 15.2. The highest BCUT2D eigenvalue weighted by Gasteiger charge is 2.07. The van der Waals surface area contributed by atoms with Crippen molar-refractivity contribution >= 4 is 11.6 Å². The second-order valence-corrected chi connectivity index (χ2v) is 4.30. The molecule has 5 N–H and O–H groups in total. The molecule has 0 saturated heterocycles. The first kappa shape index (κ1) is 14.4. The third-order valence-electron chi connectivity index (χ3n) is 2.61. The average molecular weight is 289 g/mol. The maximum absolute atomic E-state index is 11.8. The highest BCUT2D eigenvalue weighted by Crippen LogP contribution is 2.13. The number of nitrogens with one attached hydrogen (secondary N) is 2. The predicted octanol–water partition coefficient (Wildman–Crippen LogP) is 0.471. The van der Waals surface area contributed by atoms with Gasteiger partial charge in [0, 0.05) is 23.9 Å². The van der Waals surface area contributed by atoms with Crippen molar-refractivity contribution in [3.8, 4) is 11.6 Å². The Labute approximate surface area is 120 Å². The van der Waals surface area contributed by atoms with Crippen molar-refractivity contribution in [2.24, 2.45) is 0 Å². The Hall–Kier alpha value is -2.96. The summed E-state index contributed by atoms with van der Waals surface area (Å²) in [4.78, 5) is 25.0. The Morgan fingerprint density at radius 1 is 1.33 bits per heavy atom. The smallest absolute Gasteiger partial charge is 0.251 e. The van der Waals surface area contributed by atoms with Crippen LogP contribution in [-0.2, 0) is 0 Å². The van der Waals surface area contributed by atoms with Crippen LogP contribution < -0.4 is 21.3 Å². The summed E-state index contributed by atoms with van der Waals surface area (Å²) in [7, 11) is 0. The van der Waals surface area contributed by atoms with Crippen molar-refractivity contribution in [2.45, 2.75) is 0 Å². The Morgan fingerprint density at radius 3 is 2.86 bits per heavy atom. The van der Waals surface area contributed by atoms with Crippen molar-refractivity contribution in [3.63, 3.8) is 0 Å². The van der Waals surface area contributed by atoms with E-state index in [1.54, 1.807) is 24.3 Å². The van der Waals surface area contributed by atoms with E-state index >= 15 is 0 Å². The molecule has 0 fully saturated rings. The van der Waals surface area contributed by atoms with Gasteiger partial charge in [0.05, 0.1) is 12.1 Å². The molecule has 1 amide bonds. The van der Waals surface area contributed by atoms with Gasteiger partial charge in [0.2, 0.25) is 0 Å². The molecule has 2 rings (SSSR count). The van der Waals surface area contributed by atoms with E-state index in [1.807, 2.05) is 0 Å². The molecule has 0 aliphatic heterocycles. The number of aromatic amines is 1. The number of aromatic nitrogens is 1. The van der Waals surface area contributed by atoms with Gasteiger partial charge in [-0.05, 0) is 12.1 Å². The fourth-order valence-corrected chi connectivity index (χ4v) is 1.70. The van der Waals surface area contributed by atoms with Crippen LogP contribution in [0.3, 0.4) is 0 Å². The molecule has 7 heteroatoms. The van der Waals surface area contributed by atoms with Crippen LogP contribution in [0.2, 0.25) is 0 Å². The number of benzene rings is 1. The largest absolute Gasteiger partial charge is 0.494 e. The van der Waals surface area contributed by atoms with Crippen LogP contribution in [0.1, 0.15) is 10.4 Å². The standard InChI is InChI=1S/C14H15N3O4/c15-10-2-1-3-11(8-10)21-5-4-16-14(20)9-6-12(18)17-13(19)7-9/h1-3,6-8H,4-5,15H2,(H,16,20)(H2,17,18,19). The van der Waals surface area contributed by atoms with Crippen LogP contribution in [0.4, 0.5) is 5.69 Å². The van der Waals surface area contributed by atoms with E-state index in [2.05, 4.69) is 10.3 Å². The Kier molecular flexibility index (Phi) is 4.45. The van der Waals surface area contributed by atoms with Gasteiger partial charge in [-0.1, -0.05) is 6.07 Å². The fourth-order valence-electron chi connectivity index (χ4n) is 1.70. The summed E-state index contributed by atoms with van der Waals surface area (Å²) in [5.41, 5.74) is 5.74. The average Bonchev–Trinajstić information content (AvgIpc) is 2.42. The molecule has 0 aliphatic rings. The molecule has 0 aliphatic carbocycles. The van der Waals surface area contributed by atoms with Gasteiger partial charge in [-0.15, -0.1) is 0 Å². The van der Waals surface area contributed by atoms with Gasteiger partial charge < -0.3 is 20.9 Å². The predicted molar refractivity (Wildman–Crippen MR) is 77.4 cm³/mol. The van der Waals surface area contributed by atoms with E-state index in [0.29, 0.717) is 11.4 Å². The highest BCUT2D eigenvalue weighted by atomic mass is 16.5. The monoisotopic (exact) mass is 289 g/mol. The molecular formula is C14H15N3O4. The second-order valence-electron chi connectivity index (χ2n) is 4.30. The minimum absolute atomic E-state index is 0.0835. The zero-order valence-electron chi connectivity index (χ0n) is 11.1. The van der Waals surface area contributed by atoms with Crippen LogP contribution in [-0.4, -0.2) is 29.1 Å². The van der Waals surface area contributed by atoms with Gasteiger partial charge >= 0.3 is 0 Å². The lowest BCUT2D eigenvalue weighted by Crippen LogP contribution is -2.29. The van der Waals surface area contributed by atoms with Crippen molar-refractivity contribution in [1.29, 1.82) is 0 Å². The molecule has 110 valence electrons. The van der Waals surface area contributed by atoms with E-state index in [0.717, 1.165) is 6.07 Å². The summed E-state index contributed by atoms with van der Waals surface area (Å²) in [6.45, 7) is 0.506. The zero-order valence-corrected chi connectivity index (χ0v) is 11.1. The number of rotatable bonds is 5. The quantitative estimate of drug-likeness (QED) is 0.471. The number of carbonyl (C=O) groups excluding carboxylic acids is 1. The molecular weight excluding hydrogens is 274 g/mol. The highest BCUT2D eigenvalue weighted by molar-refractivity contribution is 5.94. The summed E-state index contributed by atoms with van der Waals surface area (Å²) in [6.07, 6.45) is 0. The molecule has 1 aromatic carbocycles. The van der Waals surface area contributed by atoms with E-state index in [4.69, 9.17) is 10.5 Å². The van der Waals surface area contributed by atoms with Gasteiger partial charge in [0.15, 0.2) is 5.88 Å². The number of amides is 1. The topological polar surface area (TPSA) is 117 Å². The molecule has 0 spiro atoms. The summed E-state index contributed by atoms with van der Waals surface area (Å²) in [6, 6.07) is 9.23. The number of aromatic hydroxyl groups is 1. The van der Waals surface area contributed by atoms with Crippen molar-refractivity contribution in [3.05, 3.63) is 52.3 Å². The van der Waals surface area contributed by atoms with E-state index in [9.17, 15) is 14.7 Å². The maximum atomic E-state index is 11.8. The van der Waals surface area contributed by atoms with Crippen LogP contribution in [0.15, 0.2) is 41.2 Å². The SMILES string of the molecule is Nc1cccc(OCCNC(=O)c2cc(O)[nH]c(=O)c2)c1. The van der Waals surface area contributed by atoms with E-state index < -0.39 is 11.5 Å². The Bertz CT molecular complexity index is 697. The molecule has 0 saturated carbocycles. The summed E-state index contributed by atoms with van der Waals surface area (Å²) >= 11 is 0. The number of ether oxygens (including phenoxy) is 1. The Balaban J connectivity index is 1.83. The minimum atomic E-state index is -0.545. The van der Waals surface area contributed by atoms with Gasteiger partial charge in [0.25, 0.3) is 11.5 Å². The molecule has 7 nitrogen and oxygen atoms in total. The van der Waals surface area contributed by atoms with Crippen LogP contribution in [0.25, 0.3) is 0 Å². The first-order valence-corrected chi connectivity index (χ1v) is 6.24. The van der Waals surface area contributed by atoms with Crippen molar-refractivity contribution < 1.29 is 14.6 Å². The third kappa shape index (κ3) is 4.27. The van der Waals surface area contributed by atoms with Crippen molar-refractivity contribution in [2.75, 3.05) is 18.9 Å². The number of nitrogen functional groups attached to an aromatic ring is 1. The lowest BCUT2D eigenvalue weighted by Gasteiger charge is -2.08. The maximum Gasteiger partial charge on any atom is 0.251 e. The minimum Gasteiger partial charge on any atom is -0.494 e. The summed E-state index contributed by atoms with van der Waals surface area (Å²) in [5, 5.41) is 11.8. The molecule has 2 aromatic rings. The van der Waals surface area contributed by atoms with Crippen LogP contribution >= 0.6 is 0 Å². The number of nitrogens with two attached hydrogens (primary N) is 1. The first-order chi connectivity index (χ1) is 10.0. The number of hydrogen-bond acceptors (Lipinski definition) is 5. The van der Waals surface area contributed by atoms with Crippen LogP contribution in [0.5, 0.6) is 11.6 Å². The second kappa shape index (κ2) is 6.47. The van der Waals surface area contributed by atoms with Gasteiger partial charge in [-0.25, -0.2) is 0 Å². The number of pyridine rings is 1. The van der Waals surface area contributed by atoms with E-state index in [1.165, 1.54) is 6.07 Å². The number of H-pyrrole nitrogens is 1. The van der Waals surface area contributed by atoms with Gasteiger partial charge in [-0.2, -0.15) is 0 Å². The van der Waals surface area contributed by atoms with Gasteiger partial charge in [0.1, 0.15) is 12.4 Å². The number of anilines is 1. The number of carbonyl (C=O) groups is 1. The van der Waals surface area contributed by atoms with Crippen LogP contribution in [0, 0.1) is 0 Å². The lowest BCUT2D eigenvalue weighted by molar-refractivity contribution is 0.0946. The fraction of sp³-hybridized carbons (Fsp3) is 0.143. The molecule has 0 bridgehead atoms. The lowest BCUT2D eigenvalue weighted by atomic mass is 10.2. The first-order valence-electron chi connectivity index (χ1n) is 6.24. The molecule has 21 heavy (non-hydrogen) atoms. The summed E-state index contributed by atoms with van der Waals surface area (Å²) < 4.78 is 5.41.